The molecule has 2 aromatic rings. The Morgan fingerprint density at radius 1 is 0.917 bits per heavy atom. The first-order valence-corrected chi connectivity index (χ1v) is 10.9. The summed E-state index contributed by atoms with van der Waals surface area (Å²) in [5, 5.41) is 0. The molecule has 0 saturated carbocycles. The normalized spacial score (nSPS) is 15.9. The van der Waals surface area contributed by atoms with Crippen LogP contribution >= 0.6 is 0 Å². The number of aryl methyl sites for hydroxylation is 1. The first kappa shape index (κ1) is 25.2. The SMILES string of the molecule is COc1cc2c(c(OC)c1OC)-c1c(OC(C)=O)c(OC)cc3c1[C@H](CC2)N(C(=O)C(F)(F)F)C=C3. The van der Waals surface area contributed by atoms with Crippen molar-refractivity contribution in [2.75, 3.05) is 28.4 Å². The van der Waals surface area contributed by atoms with Gasteiger partial charge in [-0.2, -0.15) is 13.2 Å². The third-order valence-corrected chi connectivity index (χ3v) is 6.19. The van der Waals surface area contributed by atoms with Gasteiger partial charge in [-0.3, -0.25) is 9.59 Å². The molecule has 0 bridgehead atoms. The molecule has 1 atom stereocenters. The topological polar surface area (TPSA) is 83.5 Å². The molecule has 0 unspecified atom stereocenters. The second-order valence-electron chi connectivity index (χ2n) is 8.14. The quantitative estimate of drug-likeness (QED) is 0.430. The number of carbonyl (C=O) groups excluding carboxylic acids is 2. The van der Waals surface area contributed by atoms with Gasteiger partial charge >= 0.3 is 18.1 Å². The molecule has 2 aliphatic rings. The van der Waals surface area contributed by atoms with Crippen molar-refractivity contribution in [1.29, 1.82) is 0 Å². The van der Waals surface area contributed by atoms with Gasteiger partial charge in [0.25, 0.3) is 0 Å². The van der Waals surface area contributed by atoms with Crippen molar-refractivity contribution in [3.8, 4) is 39.9 Å². The van der Waals surface area contributed by atoms with Gasteiger partial charge in [-0.25, -0.2) is 0 Å². The van der Waals surface area contributed by atoms with Crippen LogP contribution in [0.1, 0.15) is 36.1 Å². The van der Waals surface area contributed by atoms with Crippen LogP contribution in [0.4, 0.5) is 13.2 Å². The summed E-state index contributed by atoms with van der Waals surface area (Å²) in [4.78, 5) is 25.2. The van der Waals surface area contributed by atoms with E-state index in [1.54, 1.807) is 12.1 Å². The molecule has 1 amide bonds. The van der Waals surface area contributed by atoms with Gasteiger partial charge in [0.05, 0.1) is 34.5 Å². The Hall–Kier alpha value is -3.89. The number of alkyl halides is 3. The molecule has 0 N–H and O–H groups in total. The van der Waals surface area contributed by atoms with Crippen molar-refractivity contribution in [1.82, 2.24) is 4.90 Å². The Bertz CT molecular complexity index is 1270. The van der Waals surface area contributed by atoms with Gasteiger partial charge in [0.15, 0.2) is 23.0 Å². The average molecular weight is 507 g/mol. The van der Waals surface area contributed by atoms with Crippen molar-refractivity contribution in [2.24, 2.45) is 0 Å². The Balaban J connectivity index is 2.15. The van der Waals surface area contributed by atoms with Crippen LogP contribution < -0.4 is 23.7 Å². The Morgan fingerprint density at radius 2 is 1.56 bits per heavy atom. The molecule has 0 saturated heterocycles. The summed E-state index contributed by atoms with van der Waals surface area (Å²) in [7, 11) is 5.67. The standard InChI is InChI=1S/C25H24F3NO7/c1-12(30)36-21-16(32-2)11-14-8-9-29(24(31)25(26,27)28)15-7-6-13-10-17(33-3)22(34-4)23(35-5)19(13)20(21)18(14)15/h8-11,15H,6-7H2,1-5H3/t15-/m0/s1. The van der Waals surface area contributed by atoms with E-state index in [0.29, 0.717) is 32.9 Å². The van der Waals surface area contributed by atoms with Crippen molar-refractivity contribution in [3.05, 3.63) is 35.0 Å². The number of benzene rings is 2. The zero-order chi connectivity index (χ0) is 26.4. The fraction of sp³-hybridized carbons (Fsp3) is 0.360. The number of hydrogen-bond acceptors (Lipinski definition) is 7. The highest BCUT2D eigenvalue weighted by atomic mass is 19.4. The molecule has 8 nitrogen and oxygen atoms in total. The molecule has 11 heteroatoms. The van der Waals surface area contributed by atoms with Crippen LogP contribution in [0.15, 0.2) is 18.3 Å². The van der Waals surface area contributed by atoms with Crippen molar-refractivity contribution >= 4 is 18.0 Å². The van der Waals surface area contributed by atoms with E-state index in [2.05, 4.69) is 0 Å². The summed E-state index contributed by atoms with van der Waals surface area (Å²) in [6.45, 7) is 1.20. The molecule has 0 radical (unpaired) electrons. The van der Waals surface area contributed by atoms with Crippen LogP contribution in [0.2, 0.25) is 0 Å². The summed E-state index contributed by atoms with van der Waals surface area (Å²) in [6.07, 6.45) is -2.18. The molecular formula is C25H24F3NO7. The zero-order valence-electron chi connectivity index (χ0n) is 20.2. The minimum atomic E-state index is -5.09. The van der Waals surface area contributed by atoms with Gasteiger partial charge in [-0.15, -0.1) is 0 Å². The third kappa shape index (κ3) is 3.98. The highest BCUT2D eigenvalue weighted by molar-refractivity contribution is 5.93. The van der Waals surface area contributed by atoms with E-state index < -0.39 is 24.1 Å². The van der Waals surface area contributed by atoms with Gasteiger partial charge < -0.3 is 28.6 Å². The number of esters is 1. The van der Waals surface area contributed by atoms with E-state index in [1.165, 1.54) is 41.4 Å². The summed E-state index contributed by atoms with van der Waals surface area (Å²) < 4.78 is 68.4. The summed E-state index contributed by atoms with van der Waals surface area (Å²) >= 11 is 0. The molecule has 1 heterocycles. The van der Waals surface area contributed by atoms with Crippen molar-refractivity contribution < 1.29 is 46.4 Å². The number of fused-ring (bicyclic) bond motifs is 2. The summed E-state index contributed by atoms with van der Waals surface area (Å²) in [5.41, 5.74) is 2.25. The largest absolute Gasteiger partial charge is 0.493 e. The predicted octanol–water partition coefficient (Wildman–Crippen LogP) is 4.68. The number of hydrogen-bond donors (Lipinski definition) is 0. The van der Waals surface area contributed by atoms with Crippen LogP contribution in [0.5, 0.6) is 28.7 Å². The number of amides is 1. The summed E-state index contributed by atoms with van der Waals surface area (Å²) in [6, 6.07) is 2.25. The van der Waals surface area contributed by atoms with E-state index in [1.807, 2.05) is 0 Å². The minimum Gasteiger partial charge on any atom is -0.493 e. The van der Waals surface area contributed by atoms with Crippen molar-refractivity contribution in [2.45, 2.75) is 32.0 Å². The van der Waals surface area contributed by atoms with E-state index in [4.69, 9.17) is 23.7 Å². The molecule has 2 aromatic carbocycles. The first-order chi connectivity index (χ1) is 17.1. The average Bonchev–Trinajstić information content (AvgIpc) is 3.01. The van der Waals surface area contributed by atoms with E-state index in [0.717, 1.165) is 6.20 Å². The number of carbonyl (C=O) groups is 2. The molecule has 0 spiro atoms. The highest BCUT2D eigenvalue weighted by Crippen LogP contribution is 2.57. The Morgan fingerprint density at radius 3 is 2.11 bits per heavy atom. The second-order valence-corrected chi connectivity index (χ2v) is 8.14. The van der Waals surface area contributed by atoms with Crippen LogP contribution in [0.3, 0.4) is 0 Å². The molecule has 0 fully saturated rings. The van der Waals surface area contributed by atoms with Gasteiger partial charge in [0, 0.05) is 24.3 Å². The maximum absolute atomic E-state index is 13.5. The lowest BCUT2D eigenvalue weighted by molar-refractivity contribution is -0.184. The molecule has 192 valence electrons. The number of halogens is 3. The second kappa shape index (κ2) is 9.29. The van der Waals surface area contributed by atoms with Gasteiger partial charge in [0.1, 0.15) is 0 Å². The fourth-order valence-corrected chi connectivity index (χ4v) is 4.83. The maximum atomic E-state index is 13.5. The van der Waals surface area contributed by atoms with Crippen LogP contribution in [-0.2, 0) is 16.0 Å². The molecule has 1 aliphatic heterocycles. The molecule has 4 rings (SSSR count). The Labute approximate surface area is 205 Å². The Kier molecular flexibility index (Phi) is 6.50. The van der Waals surface area contributed by atoms with Crippen LogP contribution in [-0.4, -0.2) is 51.4 Å². The predicted molar refractivity (Wildman–Crippen MR) is 122 cm³/mol. The first-order valence-electron chi connectivity index (χ1n) is 10.9. The zero-order valence-corrected chi connectivity index (χ0v) is 20.2. The third-order valence-electron chi connectivity index (χ3n) is 6.19. The van der Waals surface area contributed by atoms with E-state index >= 15 is 0 Å². The lowest BCUT2D eigenvalue weighted by Crippen LogP contribution is -2.41. The highest BCUT2D eigenvalue weighted by Gasteiger charge is 2.47. The molecule has 1 aliphatic carbocycles. The van der Waals surface area contributed by atoms with Crippen LogP contribution in [0, 0.1) is 0 Å². The van der Waals surface area contributed by atoms with Crippen molar-refractivity contribution in [3.63, 3.8) is 0 Å². The lowest BCUT2D eigenvalue weighted by Gasteiger charge is -2.35. The number of ether oxygens (including phenoxy) is 5. The van der Waals surface area contributed by atoms with Crippen LogP contribution in [0.25, 0.3) is 17.2 Å². The van der Waals surface area contributed by atoms with E-state index in [-0.39, 0.29) is 41.4 Å². The fourth-order valence-electron chi connectivity index (χ4n) is 4.83. The number of methoxy groups -OCH3 is 4. The van der Waals surface area contributed by atoms with Gasteiger partial charge in [-0.1, -0.05) is 0 Å². The maximum Gasteiger partial charge on any atom is 0.471 e. The van der Waals surface area contributed by atoms with E-state index in [9.17, 15) is 22.8 Å². The number of rotatable bonds is 5. The lowest BCUT2D eigenvalue weighted by atomic mass is 9.86. The molecular weight excluding hydrogens is 483 g/mol. The summed E-state index contributed by atoms with van der Waals surface area (Å²) in [5.74, 6) is -1.66. The van der Waals surface area contributed by atoms with Gasteiger partial charge in [0.2, 0.25) is 5.75 Å². The smallest absolute Gasteiger partial charge is 0.471 e. The molecule has 0 aromatic heterocycles. The number of nitrogens with zero attached hydrogens (tertiary/aromatic N) is 1. The minimum absolute atomic E-state index is 0.00266. The molecule has 36 heavy (non-hydrogen) atoms. The van der Waals surface area contributed by atoms with Gasteiger partial charge in [-0.05, 0) is 47.7 Å². The monoisotopic (exact) mass is 507 g/mol.